The van der Waals surface area contributed by atoms with Gasteiger partial charge in [-0.3, -0.25) is 0 Å². The lowest BCUT2D eigenvalue weighted by atomic mass is 9.92. The summed E-state index contributed by atoms with van der Waals surface area (Å²) in [6.45, 7) is 9.79. The predicted octanol–water partition coefficient (Wildman–Crippen LogP) is 3.54. The van der Waals surface area contributed by atoms with Crippen molar-refractivity contribution in [1.29, 1.82) is 0 Å². The Morgan fingerprint density at radius 1 is 1.33 bits per heavy atom. The van der Waals surface area contributed by atoms with Crippen LogP contribution in [0.3, 0.4) is 0 Å². The minimum Gasteiger partial charge on any atom is -0.393 e. The van der Waals surface area contributed by atoms with Crippen molar-refractivity contribution in [3.8, 4) is 0 Å². The maximum atomic E-state index is 12.5. The Hall–Kier alpha value is -1.59. The first-order valence-corrected chi connectivity index (χ1v) is 8.82. The van der Waals surface area contributed by atoms with Crippen LogP contribution in [-0.4, -0.2) is 41.3 Å². The third-order valence-corrected chi connectivity index (χ3v) is 4.77. The fourth-order valence-electron chi connectivity index (χ4n) is 3.01. The van der Waals surface area contributed by atoms with Crippen LogP contribution in [0.2, 0.25) is 0 Å². The van der Waals surface area contributed by atoms with Crippen molar-refractivity contribution >= 4 is 11.7 Å². The van der Waals surface area contributed by atoms with Crippen LogP contribution in [0.4, 0.5) is 10.5 Å². The van der Waals surface area contributed by atoms with Crippen molar-refractivity contribution < 1.29 is 14.6 Å². The van der Waals surface area contributed by atoms with Gasteiger partial charge in [0, 0.05) is 18.8 Å². The second-order valence-corrected chi connectivity index (χ2v) is 6.94. The first-order valence-electron chi connectivity index (χ1n) is 8.82. The van der Waals surface area contributed by atoms with Crippen LogP contribution in [0, 0.1) is 12.8 Å². The number of piperidine rings is 1. The van der Waals surface area contributed by atoms with E-state index in [2.05, 4.69) is 5.32 Å². The molecule has 0 spiro atoms. The highest BCUT2D eigenvalue weighted by molar-refractivity contribution is 5.90. The number of likely N-dealkylation sites (tertiary alicyclic amines) is 1. The van der Waals surface area contributed by atoms with E-state index in [4.69, 9.17) is 4.74 Å². The molecule has 1 aromatic carbocycles. The summed E-state index contributed by atoms with van der Waals surface area (Å²) >= 11 is 0. The van der Waals surface area contributed by atoms with Crippen molar-refractivity contribution in [3.05, 3.63) is 29.3 Å². The highest BCUT2D eigenvalue weighted by Crippen LogP contribution is 2.23. The zero-order valence-electron chi connectivity index (χ0n) is 15.2. The van der Waals surface area contributed by atoms with E-state index in [-0.39, 0.29) is 18.2 Å². The summed E-state index contributed by atoms with van der Waals surface area (Å²) in [6, 6.07) is 5.83. The Kier molecular flexibility index (Phi) is 6.63. The smallest absolute Gasteiger partial charge is 0.321 e. The molecule has 1 saturated heterocycles. The van der Waals surface area contributed by atoms with Gasteiger partial charge in [-0.2, -0.15) is 0 Å². The zero-order chi connectivity index (χ0) is 17.7. The van der Waals surface area contributed by atoms with Gasteiger partial charge in [0.05, 0.1) is 18.8 Å². The lowest BCUT2D eigenvalue weighted by Crippen LogP contribution is -2.42. The van der Waals surface area contributed by atoms with Crippen LogP contribution in [-0.2, 0) is 11.3 Å². The minimum absolute atomic E-state index is 0.0657. The molecule has 0 aliphatic carbocycles. The molecule has 1 aliphatic rings. The number of nitrogens with one attached hydrogen (secondary N) is 1. The molecule has 2 amide bonds. The van der Waals surface area contributed by atoms with Crippen molar-refractivity contribution in [1.82, 2.24) is 4.90 Å². The van der Waals surface area contributed by atoms with Gasteiger partial charge in [-0.1, -0.05) is 12.1 Å². The highest BCUT2D eigenvalue weighted by Gasteiger charge is 2.25. The molecule has 1 atom stereocenters. The lowest BCUT2D eigenvalue weighted by molar-refractivity contribution is 0.0654. The van der Waals surface area contributed by atoms with Crippen LogP contribution in [0.25, 0.3) is 0 Å². The number of nitrogens with zero attached hydrogens (tertiary/aromatic N) is 1. The lowest BCUT2D eigenvalue weighted by Gasteiger charge is -2.33. The van der Waals surface area contributed by atoms with Gasteiger partial charge >= 0.3 is 6.03 Å². The molecular formula is C19H30N2O3. The van der Waals surface area contributed by atoms with Gasteiger partial charge in [-0.05, 0) is 63.6 Å². The average Bonchev–Trinajstić information content (AvgIpc) is 2.55. The molecule has 0 saturated carbocycles. The van der Waals surface area contributed by atoms with Gasteiger partial charge < -0.3 is 20.1 Å². The monoisotopic (exact) mass is 334 g/mol. The second kappa shape index (κ2) is 8.49. The van der Waals surface area contributed by atoms with Crippen molar-refractivity contribution in [3.63, 3.8) is 0 Å². The van der Waals surface area contributed by atoms with E-state index < -0.39 is 0 Å². The van der Waals surface area contributed by atoms with Crippen LogP contribution >= 0.6 is 0 Å². The van der Waals surface area contributed by atoms with Gasteiger partial charge in [0.2, 0.25) is 0 Å². The molecule has 2 N–H and O–H groups in total. The molecule has 24 heavy (non-hydrogen) atoms. The molecule has 1 fully saturated rings. The molecule has 0 bridgehead atoms. The third-order valence-electron chi connectivity index (χ3n) is 4.77. The molecule has 1 aromatic rings. The van der Waals surface area contributed by atoms with E-state index in [0.29, 0.717) is 25.6 Å². The Bertz CT molecular complexity index is 550. The van der Waals surface area contributed by atoms with Gasteiger partial charge in [0.15, 0.2) is 0 Å². The first kappa shape index (κ1) is 18.7. The van der Waals surface area contributed by atoms with E-state index in [1.807, 2.05) is 50.8 Å². The van der Waals surface area contributed by atoms with Crippen LogP contribution in [0.15, 0.2) is 18.2 Å². The summed E-state index contributed by atoms with van der Waals surface area (Å²) in [5.74, 6) is 0.298. The Labute approximate surface area is 145 Å². The number of hydrogen-bond acceptors (Lipinski definition) is 3. The topological polar surface area (TPSA) is 61.8 Å². The van der Waals surface area contributed by atoms with Crippen molar-refractivity contribution in [2.75, 3.05) is 18.4 Å². The van der Waals surface area contributed by atoms with Crippen LogP contribution in [0.5, 0.6) is 0 Å². The zero-order valence-corrected chi connectivity index (χ0v) is 15.2. The largest absolute Gasteiger partial charge is 0.393 e. The summed E-state index contributed by atoms with van der Waals surface area (Å²) in [5, 5.41) is 12.7. The molecule has 134 valence electrons. The van der Waals surface area contributed by atoms with Crippen LogP contribution in [0.1, 0.15) is 44.7 Å². The van der Waals surface area contributed by atoms with Gasteiger partial charge in [-0.15, -0.1) is 0 Å². The summed E-state index contributed by atoms with van der Waals surface area (Å²) < 4.78 is 5.67. The maximum Gasteiger partial charge on any atom is 0.321 e. The van der Waals surface area contributed by atoms with Crippen molar-refractivity contribution in [2.45, 2.75) is 59.4 Å². The molecule has 5 nitrogen and oxygen atoms in total. The Morgan fingerprint density at radius 2 is 2.00 bits per heavy atom. The van der Waals surface area contributed by atoms with E-state index >= 15 is 0 Å². The van der Waals surface area contributed by atoms with Gasteiger partial charge in [-0.25, -0.2) is 4.79 Å². The fourth-order valence-corrected chi connectivity index (χ4v) is 3.01. The maximum absolute atomic E-state index is 12.5. The van der Waals surface area contributed by atoms with E-state index in [1.54, 1.807) is 0 Å². The number of rotatable bonds is 5. The van der Waals surface area contributed by atoms with Gasteiger partial charge in [0.25, 0.3) is 0 Å². The van der Waals surface area contributed by atoms with Crippen LogP contribution < -0.4 is 5.32 Å². The molecule has 1 heterocycles. The standard InChI is InChI=1S/C19H30N2O3/c1-13(2)24-12-17-6-5-7-18(14(17)3)20-19(23)21-10-8-16(9-11-21)15(4)22/h5-7,13,15-16,22H,8-12H2,1-4H3,(H,20,23). The summed E-state index contributed by atoms with van der Waals surface area (Å²) in [5.41, 5.74) is 2.97. The van der Waals surface area contributed by atoms with E-state index in [0.717, 1.165) is 29.7 Å². The number of aliphatic hydroxyl groups excluding tert-OH is 1. The normalized spacial score (nSPS) is 17.2. The minimum atomic E-state index is -0.296. The second-order valence-electron chi connectivity index (χ2n) is 6.94. The predicted molar refractivity (Wildman–Crippen MR) is 96.1 cm³/mol. The summed E-state index contributed by atoms with van der Waals surface area (Å²) in [7, 11) is 0. The number of aliphatic hydroxyl groups is 1. The molecule has 0 radical (unpaired) electrons. The summed E-state index contributed by atoms with van der Waals surface area (Å²) in [6.07, 6.45) is 1.59. The fraction of sp³-hybridized carbons (Fsp3) is 0.632. The molecule has 1 unspecified atom stereocenters. The number of amides is 2. The van der Waals surface area contributed by atoms with E-state index in [9.17, 15) is 9.90 Å². The van der Waals surface area contributed by atoms with E-state index in [1.165, 1.54) is 0 Å². The SMILES string of the molecule is Cc1c(COC(C)C)cccc1NC(=O)N1CCC(C(C)O)CC1. The number of ether oxygens (including phenoxy) is 1. The molecule has 1 aliphatic heterocycles. The third kappa shape index (κ3) is 4.95. The van der Waals surface area contributed by atoms with Crippen molar-refractivity contribution in [2.24, 2.45) is 5.92 Å². The quantitative estimate of drug-likeness (QED) is 0.866. The number of urea groups is 1. The molecular weight excluding hydrogens is 304 g/mol. The highest BCUT2D eigenvalue weighted by atomic mass is 16.5. The Morgan fingerprint density at radius 3 is 2.58 bits per heavy atom. The Balaban J connectivity index is 1.96. The molecule has 5 heteroatoms. The number of carbonyl (C=O) groups is 1. The molecule has 2 rings (SSSR count). The number of carbonyl (C=O) groups excluding carboxylic acids is 1. The first-order chi connectivity index (χ1) is 11.4. The molecule has 0 aromatic heterocycles. The number of anilines is 1. The average molecular weight is 334 g/mol. The number of hydrogen-bond donors (Lipinski definition) is 2. The number of benzene rings is 1. The summed E-state index contributed by atoms with van der Waals surface area (Å²) in [4.78, 5) is 14.3. The van der Waals surface area contributed by atoms with Gasteiger partial charge in [0.1, 0.15) is 0 Å².